The summed E-state index contributed by atoms with van der Waals surface area (Å²) in [6.07, 6.45) is 5.43. The van der Waals surface area contributed by atoms with Gasteiger partial charge in [-0.2, -0.15) is 4.31 Å². The maximum atomic E-state index is 12.8. The van der Waals surface area contributed by atoms with Crippen molar-refractivity contribution in [2.45, 2.75) is 49.8 Å². The number of hydrogen-bond donors (Lipinski definition) is 0. The first-order valence-electron chi connectivity index (χ1n) is 7.33. The molecule has 0 saturated carbocycles. The van der Waals surface area contributed by atoms with E-state index >= 15 is 0 Å². The molecule has 2 rings (SSSR count). The average Bonchev–Trinajstić information content (AvgIpc) is 2.68. The maximum absolute atomic E-state index is 12.8. The lowest BCUT2D eigenvalue weighted by Crippen LogP contribution is -2.32. The number of rotatable bonds is 5. The predicted molar refractivity (Wildman–Crippen MR) is 92.6 cm³/mol. The Labute approximate surface area is 144 Å². The molecule has 0 aromatic carbocycles. The average molecular weight is 415 g/mol. The highest BCUT2D eigenvalue weighted by Gasteiger charge is 2.30. The molecule has 3 nitrogen and oxygen atoms in total. The summed E-state index contributed by atoms with van der Waals surface area (Å²) in [7, 11) is -3.41. The third-order valence-electron chi connectivity index (χ3n) is 3.96. The topological polar surface area (TPSA) is 37.4 Å². The van der Waals surface area contributed by atoms with Crippen molar-refractivity contribution >= 4 is 48.9 Å². The number of halogens is 2. The Kier molecular flexibility index (Phi) is 6.56. The third-order valence-corrected chi connectivity index (χ3v) is 8.56. The van der Waals surface area contributed by atoms with Gasteiger partial charge in [-0.25, -0.2) is 8.42 Å². The largest absolute Gasteiger partial charge is 0.245 e. The molecule has 1 aromatic heterocycles. The minimum atomic E-state index is -3.41. The molecule has 0 aliphatic carbocycles. The summed E-state index contributed by atoms with van der Waals surface area (Å²) < 4.78 is 27.9. The molecule has 1 aromatic rings. The van der Waals surface area contributed by atoms with Crippen molar-refractivity contribution in [1.29, 1.82) is 0 Å². The molecular formula is C14H21BrClNO2S2. The maximum Gasteiger partial charge on any atom is 0.245 e. The van der Waals surface area contributed by atoms with Gasteiger partial charge in [0.25, 0.3) is 0 Å². The molecular weight excluding hydrogens is 394 g/mol. The van der Waals surface area contributed by atoms with Gasteiger partial charge in [0, 0.05) is 18.0 Å². The first-order valence-corrected chi connectivity index (χ1v) is 10.9. The van der Waals surface area contributed by atoms with Crippen LogP contribution in [0.5, 0.6) is 0 Å². The highest BCUT2D eigenvalue weighted by molar-refractivity contribution is 9.11. The third kappa shape index (κ3) is 4.22. The second-order valence-electron chi connectivity index (χ2n) is 5.47. The Hall–Kier alpha value is 0.380. The Balaban J connectivity index is 2.17. The van der Waals surface area contributed by atoms with Gasteiger partial charge in [0.2, 0.25) is 10.0 Å². The predicted octanol–water partition coefficient (Wildman–Crippen LogP) is 4.84. The van der Waals surface area contributed by atoms with Crippen LogP contribution in [0.4, 0.5) is 0 Å². The zero-order valence-corrected chi connectivity index (χ0v) is 16.1. The normalized spacial score (nSPS) is 21.4. The van der Waals surface area contributed by atoms with Gasteiger partial charge in [0.1, 0.15) is 4.90 Å². The zero-order chi connectivity index (χ0) is 15.5. The summed E-state index contributed by atoms with van der Waals surface area (Å²) in [5, 5.41) is 0. The lowest BCUT2D eigenvalue weighted by atomic mass is 9.96. The van der Waals surface area contributed by atoms with Gasteiger partial charge in [-0.1, -0.05) is 19.8 Å². The quantitative estimate of drug-likeness (QED) is 0.646. The molecule has 1 unspecified atom stereocenters. The van der Waals surface area contributed by atoms with Gasteiger partial charge in [0.05, 0.1) is 9.67 Å². The van der Waals surface area contributed by atoms with Crippen LogP contribution in [-0.2, 0) is 15.9 Å². The fraction of sp³-hybridized carbons (Fsp3) is 0.714. The van der Waals surface area contributed by atoms with Crippen LogP contribution in [0.3, 0.4) is 0 Å². The molecule has 0 amide bonds. The van der Waals surface area contributed by atoms with Crippen LogP contribution >= 0.6 is 38.9 Å². The van der Waals surface area contributed by atoms with E-state index in [1.807, 2.05) is 0 Å². The van der Waals surface area contributed by atoms with E-state index in [-0.39, 0.29) is 0 Å². The van der Waals surface area contributed by atoms with Gasteiger partial charge < -0.3 is 0 Å². The minimum Gasteiger partial charge on any atom is -0.207 e. The van der Waals surface area contributed by atoms with Gasteiger partial charge in [-0.15, -0.1) is 22.9 Å². The van der Waals surface area contributed by atoms with Gasteiger partial charge in [0.15, 0.2) is 0 Å². The van der Waals surface area contributed by atoms with Crippen LogP contribution in [-0.4, -0.2) is 25.8 Å². The fourth-order valence-corrected chi connectivity index (χ4v) is 7.07. The van der Waals surface area contributed by atoms with Crippen LogP contribution in [0.1, 0.15) is 43.9 Å². The number of nitrogens with zero attached hydrogens (tertiary/aromatic N) is 1. The first-order chi connectivity index (χ1) is 9.98. The second-order valence-corrected chi connectivity index (χ2v) is 10.1. The van der Waals surface area contributed by atoms with E-state index in [0.29, 0.717) is 33.6 Å². The van der Waals surface area contributed by atoms with Crippen molar-refractivity contribution in [3.05, 3.63) is 14.7 Å². The van der Waals surface area contributed by atoms with Crippen molar-refractivity contribution in [2.75, 3.05) is 13.1 Å². The fourth-order valence-electron chi connectivity index (χ4n) is 2.85. The van der Waals surface area contributed by atoms with E-state index in [1.165, 1.54) is 24.2 Å². The van der Waals surface area contributed by atoms with E-state index in [2.05, 4.69) is 22.9 Å². The SMILES string of the molecule is CCCC1CCCN(S(=O)(=O)c2cc(CCl)sc2Br)CC1. The highest BCUT2D eigenvalue weighted by Crippen LogP contribution is 2.35. The van der Waals surface area contributed by atoms with Crippen LogP contribution in [0.2, 0.25) is 0 Å². The molecule has 1 saturated heterocycles. The zero-order valence-electron chi connectivity index (χ0n) is 12.1. The van der Waals surface area contributed by atoms with Crippen LogP contribution < -0.4 is 0 Å². The standard InChI is InChI=1S/C14H21BrClNO2S2/c1-2-4-11-5-3-7-17(8-6-11)21(18,19)13-9-12(10-16)20-14(13)15/h9,11H,2-8,10H2,1H3. The smallest absolute Gasteiger partial charge is 0.207 e. The molecule has 0 N–H and O–H groups in total. The number of alkyl halides is 1. The molecule has 1 aliphatic rings. The van der Waals surface area contributed by atoms with E-state index < -0.39 is 10.0 Å². The van der Waals surface area contributed by atoms with Crippen molar-refractivity contribution < 1.29 is 8.42 Å². The van der Waals surface area contributed by atoms with E-state index in [4.69, 9.17) is 11.6 Å². The van der Waals surface area contributed by atoms with Crippen molar-refractivity contribution in [3.8, 4) is 0 Å². The Morgan fingerprint density at radius 3 is 2.81 bits per heavy atom. The van der Waals surface area contributed by atoms with Crippen molar-refractivity contribution in [1.82, 2.24) is 4.31 Å². The summed E-state index contributed by atoms with van der Waals surface area (Å²) in [6, 6.07) is 1.70. The monoisotopic (exact) mass is 413 g/mol. The molecule has 1 fully saturated rings. The summed E-state index contributed by atoms with van der Waals surface area (Å²) in [5.74, 6) is 1.01. The Morgan fingerprint density at radius 1 is 1.43 bits per heavy atom. The second kappa shape index (κ2) is 7.77. The van der Waals surface area contributed by atoms with Crippen molar-refractivity contribution in [2.24, 2.45) is 5.92 Å². The number of hydrogen-bond acceptors (Lipinski definition) is 3. The highest BCUT2D eigenvalue weighted by atomic mass is 79.9. The summed E-state index contributed by atoms with van der Waals surface area (Å²) in [4.78, 5) is 1.25. The van der Waals surface area contributed by atoms with Gasteiger partial charge >= 0.3 is 0 Å². The lowest BCUT2D eigenvalue weighted by Gasteiger charge is -2.20. The molecule has 7 heteroatoms. The number of sulfonamides is 1. The van der Waals surface area contributed by atoms with Gasteiger partial charge in [-0.3, -0.25) is 0 Å². The molecule has 0 bridgehead atoms. The minimum absolute atomic E-state index is 0.345. The molecule has 0 radical (unpaired) electrons. The molecule has 0 spiro atoms. The van der Waals surface area contributed by atoms with E-state index in [0.717, 1.165) is 24.1 Å². The molecule has 1 atom stereocenters. The summed E-state index contributed by atoms with van der Waals surface area (Å²) in [6.45, 7) is 3.45. The van der Waals surface area contributed by atoms with Crippen molar-refractivity contribution in [3.63, 3.8) is 0 Å². The molecule has 120 valence electrons. The van der Waals surface area contributed by atoms with Crippen LogP contribution in [0.15, 0.2) is 14.7 Å². The summed E-state index contributed by atoms with van der Waals surface area (Å²) in [5.41, 5.74) is 0. The molecule has 1 aliphatic heterocycles. The Bertz CT molecular complexity index is 574. The summed E-state index contributed by atoms with van der Waals surface area (Å²) >= 11 is 10.6. The molecule has 21 heavy (non-hydrogen) atoms. The van der Waals surface area contributed by atoms with Crippen LogP contribution in [0, 0.1) is 5.92 Å². The van der Waals surface area contributed by atoms with E-state index in [9.17, 15) is 8.42 Å². The first kappa shape index (κ1) is 17.7. The lowest BCUT2D eigenvalue weighted by molar-refractivity contribution is 0.400. The van der Waals surface area contributed by atoms with Crippen LogP contribution in [0.25, 0.3) is 0 Å². The molecule has 2 heterocycles. The van der Waals surface area contributed by atoms with Gasteiger partial charge in [-0.05, 0) is 47.2 Å². The Morgan fingerprint density at radius 2 is 2.19 bits per heavy atom. The number of thiophene rings is 1. The van der Waals surface area contributed by atoms with E-state index in [1.54, 1.807) is 10.4 Å².